The van der Waals surface area contributed by atoms with E-state index in [9.17, 15) is 45.0 Å². The molecule has 224 valence electrons. The normalized spacial score (nSPS) is 12.3. The van der Waals surface area contributed by atoms with Crippen LogP contribution in [0.4, 0.5) is 0 Å². The summed E-state index contributed by atoms with van der Waals surface area (Å²) in [6.07, 6.45) is 3.25. The first-order chi connectivity index (χ1) is 19.3. The second-order valence-electron chi connectivity index (χ2n) is 10.4. The van der Waals surface area contributed by atoms with Gasteiger partial charge in [0.25, 0.3) is 0 Å². The number of esters is 3. The minimum Gasteiger partial charge on any atom is -0.426 e. The molecule has 0 aliphatic heterocycles. The summed E-state index contributed by atoms with van der Waals surface area (Å²) in [5.41, 5.74) is -3.58. The predicted molar refractivity (Wildman–Crippen MR) is 146 cm³/mol. The third-order valence-electron chi connectivity index (χ3n) is 6.45. The van der Waals surface area contributed by atoms with Crippen LogP contribution in [0.25, 0.3) is 12.2 Å². The molecule has 12 heteroatoms. The van der Waals surface area contributed by atoms with Gasteiger partial charge in [0.15, 0.2) is 0 Å². The summed E-state index contributed by atoms with van der Waals surface area (Å²) in [7, 11) is 0. The van der Waals surface area contributed by atoms with Crippen LogP contribution in [0.5, 0.6) is 17.2 Å². The minimum absolute atomic E-state index is 0.0687. The van der Waals surface area contributed by atoms with Crippen molar-refractivity contribution in [1.29, 1.82) is 0 Å². The number of aliphatic hydroxyl groups excluding tert-OH is 6. The van der Waals surface area contributed by atoms with Crippen molar-refractivity contribution >= 4 is 30.1 Å². The van der Waals surface area contributed by atoms with Gasteiger partial charge in [-0.25, -0.2) is 0 Å². The van der Waals surface area contributed by atoms with Gasteiger partial charge in [0.1, 0.15) is 33.5 Å². The Morgan fingerprint density at radius 3 is 1.20 bits per heavy atom. The summed E-state index contributed by atoms with van der Waals surface area (Å²) in [6.45, 7) is 0.0802. The molecule has 0 radical (unpaired) electrons. The first-order valence-corrected chi connectivity index (χ1v) is 12.6. The molecule has 0 saturated carbocycles. The molecule has 0 unspecified atom stereocenters. The van der Waals surface area contributed by atoms with Crippen molar-refractivity contribution in [2.45, 2.75) is 20.8 Å². The molecule has 12 nitrogen and oxygen atoms in total. The molecule has 2 aromatic rings. The number of carbonyl (C=O) groups is 3. The second kappa shape index (κ2) is 14.3. The number of benzene rings is 2. The molecule has 0 saturated heterocycles. The smallest absolute Gasteiger partial charge is 0.321 e. The molecular weight excluding hydrogens is 540 g/mol. The molecule has 0 atom stereocenters. The average molecular weight is 577 g/mol. The molecule has 0 aromatic heterocycles. The Bertz CT molecular complexity index is 1170. The third kappa shape index (κ3) is 8.43. The fourth-order valence-corrected chi connectivity index (χ4v) is 2.88. The van der Waals surface area contributed by atoms with Crippen molar-refractivity contribution in [3.05, 3.63) is 53.6 Å². The Morgan fingerprint density at radius 2 is 0.854 bits per heavy atom. The zero-order chi connectivity index (χ0) is 30.8. The molecule has 0 aliphatic rings. The average Bonchev–Trinajstić information content (AvgIpc) is 2.99. The topological polar surface area (TPSA) is 200 Å². The largest absolute Gasteiger partial charge is 0.426 e. The highest BCUT2D eigenvalue weighted by molar-refractivity contribution is 5.82. The minimum atomic E-state index is -1.59. The van der Waals surface area contributed by atoms with Crippen LogP contribution in [-0.4, -0.2) is 88.2 Å². The number of rotatable bonds is 14. The van der Waals surface area contributed by atoms with Crippen LogP contribution < -0.4 is 14.2 Å². The van der Waals surface area contributed by atoms with E-state index in [1.807, 2.05) is 0 Å². The van der Waals surface area contributed by atoms with E-state index in [0.29, 0.717) is 11.1 Å². The maximum absolute atomic E-state index is 12.6. The second-order valence-corrected chi connectivity index (χ2v) is 10.4. The van der Waals surface area contributed by atoms with Gasteiger partial charge in [-0.1, -0.05) is 24.3 Å². The molecule has 0 bridgehead atoms. The lowest BCUT2D eigenvalue weighted by atomic mass is 9.93. The van der Waals surface area contributed by atoms with E-state index >= 15 is 0 Å². The van der Waals surface area contributed by atoms with E-state index in [-0.39, 0.29) is 17.2 Å². The van der Waals surface area contributed by atoms with Gasteiger partial charge >= 0.3 is 17.9 Å². The zero-order valence-corrected chi connectivity index (χ0v) is 23.1. The van der Waals surface area contributed by atoms with Crippen LogP contribution >= 0.6 is 0 Å². The zero-order valence-electron chi connectivity index (χ0n) is 23.1. The van der Waals surface area contributed by atoms with Crippen molar-refractivity contribution in [2.24, 2.45) is 16.2 Å². The molecule has 41 heavy (non-hydrogen) atoms. The molecule has 0 amide bonds. The molecule has 6 N–H and O–H groups in total. The van der Waals surface area contributed by atoms with E-state index < -0.39 is 73.8 Å². The molecule has 0 heterocycles. The quantitative estimate of drug-likeness (QED) is 0.104. The Labute approximate surface area is 237 Å². The Balaban J connectivity index is 2.35. The van der Waals surface area contributed by atoms with Crippen molar-refractivity contribution in [1.82, 2.24) is 0 Å². The van der Waals surface area contributed by atoms with Crippen LogP contribution in [0.3, 0.4) is 0 Å². The Hall–Kier alpha value is -3.65. The van der Waals surface area contributed by atoms with Gasteiger partial charge < -0.3 is 44.8 Å². The van der Waals surface area contributed by atoms with E-state index in [0.717, 1.165) is 0 Å². The number of carbonyl (C=O) groups excluding carboxylic acids is 3. The third-order valence-corrected chi connectivity index (χ3v) is 6.45. The van der Waals surface area contributed by atoms with Gasteiger partial charge in [0.2, 0.25) is 0 Å². The maximum atomic E-state index is 12.6. The molecule has 0 fully saturated rings. The van der Waals surface area contributed by atoms with Gasteiger partial charge in [-0.15, -0.1) is 0 Å². The summed E-state index contributed by atoms with van der Waals surface area (Å²) in [5, 5.41) is 56.7. The van der Waals surface area contributed by atoms with Crippen molar-refractivity contribution in [3.63, 3.8) is 0 Å². The van der Waals surface area contributed by atoms with Gasteiger partial charge in [0, 0.05) is 6.07 Å². The van der Waals surface area contributed by atoms with Crippen molar-refractivity contribution in [3.8, 4) is 17.2 Å². The van der Waals surface area contributed by atoms with E-state index in [4.69, 9.17) is 14.2 Å². The molecular formula is C29H36O12. The van der Waals surface area contributed by atoms with E-state index in [1.165, 1.54) is 51.1 Å². The predicted octanol–water partition coefficient (Wildman–Crippen LogP) is 0.546. The van der Waals surface area contributed by atoms with Crippen LogP contribution in [0, 0.1) is 16.2 Å². The van der Waals surface area contributed by atoms with Gasteiger partial charge in [-0.05, 0) is 56.2 Å². The maximum Gasteiger partial charge on any atom is 0.321 e. The number of hydrogen-bond acceptors (Lipinski definition) is 12. The standard InChI is InChI=1S/C29H36O12/c1-27(13-30,14-31)24(36)39-21-8-6-19(7-9-21)4-5-20-10-22(40-25(37)28(2,15-32)16-33)12-23(11-20)41-26(38)29(3,17-34)18-35/h4-12,30-35H,13-18H2,1-3H3/b5-4+. The highest BCUT2D eigenvalue weighted by Crippen LogP contribution is 2.29. The summed E-state index contributed by atoms with van der Waals surface area (Å²) in [4.78, 5) is 37.4. The fraction of sp³-hybridized carbons (Fsp3) is 0.414. The summed E-state index contributed by atoms with van der Waals surface area (Å²) < 4.78 is 15.9. The monoisotopic (exact) mass is 576 g/mol. The number of ether oxygens (including phenoxy) is 3. The summed E-state index contributed by atoms with van der Waals surface area (Å²) in [6, 6.07) is 10.4. The van der Waals surface area contributed by atoms with Crippen molar-refractivity contribution < 1.29 is 59.2 Å². The lowest BCUT2D eigenvalue weighted by Crippen LogP contribution is -2.39. The molecule has 0 aliphatic carbocycles. The van der Waals surface area contributed by atoms with Gasteiger partial charge in [-0.2, -0.15) is 0 Å². The highest BCUT2D eigenvalue weighted by atomic mass is 16.6. The lowest BCUT2D eigenvalue weighted by molar-refractivity contribution is -0.151. The molecule has 2 rings (SSSR count). The number of hydrogen-bond donors (Lipinski definition) is 6. The van der Waals surface area contributed by atoms with Gasteiger partial charge in [-0.3, -0.25) is 14.4 Å². The van der Waals surface area contributed by atoms with Crippen LogP contribution in [0.2, 0.25) is 0 Å². The fourth-order valence-electron chi connectivity index (χ4n) is 2.88. The highest BCUT2D eigenvalue weighted by Gasteiger charge is 2.36. The molecule has 0 spiro atoms. The van der Waals surface area contributed by atoms with E-state index in [2.05, 4.69) is 0 Å². The SMILES string of the molecule is CC(CO)(CO)C(=O)Oc1ccc(/C=C/c2cc(OC(=O)C(C)(CO)CO)cc(OC(=O)C(C)(CO)CO)c2)cc1. The summed E-state index contributed by atoms with van der Waals surface area (Å²) in [5.74, 6) is -2.60. The molecule has 2 aromatic carbocycles. The van der Waals surface area contributed by atoms with Crippen molar-refractivity contribution in [2.75, 3.05) is 39.6 Å². The Morgan fingerprint density at radius 1 is 0.537 bits per heavy atom. The van der Waals surface area contributed by atoms with Crippen LogP contribution in [0.1, 0.15) is 31.9 Å². The Kier molecular flexibility index (Phi) is 11.7. The lowest BCUT2D eigenvalue weighted by Gasteiger charge is -2.23. The van der Waals surface area contributed by atoms with Crippen LogP contribution in [0.15, 0.2) is 42.5 Å². The van der Waals surface area contributed by atoms with Crippen LogP contribution in [-0.2, 0) is 14.4 Å². The summed E-state index contributed by atoms with van der Waals surface area (Å²) >= 11 is 0. The number of aliphatic hydroxyl groups is 6. The first kappa shape index (κ1) is 33.6. The van der Waals surface area contributed by atoms with E-state index in [1.54, 1.807) is 24.3 Å². The first-order valence-electron chi connectivity index (χ1n) is 12.6. The van der Waals surface area contributed by atoms with Gasteiger partial charge in [0.05, 0.1) is 39.6 Å².